The first-order chi connectivity index (χ1) is 10.1. The van der Waals surface area contributed by atoms with Gasteiger partial charge in [0.2, 0.25) is 5.91 Å². The van der Waals surface area contributed by atoms with Crippen molar-refractivity contribution in [2.45, 2.75) is 44.9 Å². The number of hydrogen-bond acceptors (Lipinski definition) is 3. The number of carboxylic acids is 1. The molecule has 0 unspecified atom stereocenters. The first kappa shape index (κ1) is 14.8. The third-order valence-electron chi connectivity index (χ3n) is 5.76. The van der Waals surface area contributed by atoms with E-state index in [0.29, 0.717) is 25.4 Å². The number of aliphatic carboxylic acids is 1. The van der Waals surface area contributed by atoms with Gasteiger partial charge in [-0.15, -0.1) is 0 Å². The second-order valence-corrected chi connectivity index (χ2v) is 6.92. The number of likely N-dealkylation sites (tertiary alicyclic amines) is 1. The molecule has 3 rings (SSSR count). The van der Waals surface area contributed by atoms with Gasteiger partial charge in [-0.1, -0.05) is 6.42 Å². The van der Waals surface area contributed by atoms with Crippen LogP contribution in [-0.4, -0.2) is 48.2 Å². The molecule has 1 saturated carbocycles. The Kier molecular flexibility index (Phi) is 4.20. The zero-order valence-corrected chi connectivity index (χ0v) is 12.6. The summed E-state index contributed by atoms with van der Waals surface area (Å²) in [6, 6.07) is 0. The number of fused-ring (bicyclic) bond motifs is 1. The molecule has 0 aromatic heterocycles. The molecule has 2 atom stereocenters. The molecule has 0 aromatic carbocycles. The Hall–Kier alpha value is -1.10. The van der Waals surface area contributed by atoms with E-state index in [4.69, 9.17) is 4.74 Å². The van der Waals surface area contributed by atoms with E-state index in [0.717, 1.165) is 51.7 Å². The van der Waals surface area contributed by atoms with Gasteiger partial charge in [0.05, 0.1) is 5.41 Å². The van der Waals surface area contributed by atoms with Crippen LogP contribution < -0.4 is 0 Å². The molecule has 0 aromatic rings. The highest BCUT2D eigenvalue weighted by molar-refractivity contribution is 5.81. The van der Waals surface area contributed by atoms with Crippen molar-refractivity contribution in [2.24, 2.45) is 17.3 Å². The predicted octanol–water partition coefficient (Wildman–Crippen LogP) is 1.91. The second kappa shape index (κ2) is 5.95. The third kappa shape index (κ3) is 2.80. The van der Waals surface area contributed by atoms with E-state index in [9.17, 15) is 14.7 Å². The van der Waals surface area contributed by atoms with Crippen LogP contribution in [0.2, 0.25) is 0 Å². The maximum absolute atomic E-state index is 12.4. The number of carbonyl (C=O) groups is 2. The van der Waals surface area contributed by atoms with Gasteiger partial charge in [-0.05, 0) is 43.9 Å². The first-order valence-corrected chi connectivity index (χ1v) is 8.21. The van der Waals surface area contributed by atoms with Crippen LogP contribution in [0.25, 0.3) is 0 Å². The van der Waals surface area contributed by atoms with E-state index in [2.05, 4.69) is 0 Å². The maximum Gasteiger partial charge on any atom is 0.311 e. The Morgan fingerprint density at radius 3 is 2.67 bits per heavy atom. The van der Waals surface area contributed by atoms with Gasteiger partial charge in [-0.2, -0.15) is 0 Å². The Bertz CT molecular complexity index is 419. The molecule has 0 bridgehead atoms. The lowest BCUT2D eigenvalue weighted by molar-refractivity contribution is -0.149. The van der Waals surface area contributed by atoms with Crippen molar-refractivity contribution >= 4 is 11.9 Å². The van der Waals surface area contributed by atoms with Gasteiger partial charge in [0, 0.05) is 32.7 Å². The summed E-state index contributed by atoms with van der Waals surface area (Å²) in [7, 11) is 0. The smallest absolute Gasteiger partial charge is 0.311 e. The topological polar surface area (TPSA) is 66.8 Å². The average Bonchev–Trinajstić information content (AvgIpc) is 3.03. The molecule has 3 aliphatic rings. The van der Waals surface area contributed by atoms with Crippen LogP contribution in [0.5, 0.6) is 0 Å². The Balaban J connectivity index is 1.53. The number of hydrogen-bond donors (Lipinski definition) is 1. The minimum absolute atomic E-state index is 0.150. The van der Waals surface area contributed by atoms with Crippen LogP contribution in [0, 0.1) is 17.3 Å². The molecule has 1 amide bonds. The number of amides is 1. The zero-order valence-electron chi connectivity index (χ0n) is 12.6. The number of ether oxygens (including phenoxy) is 1. The SMILES string of the molecule is O=C(CCC1CCOCC1)N1C[C@@H]2CCC[C@@]2(C(=O)O)C1. The van der Waals surface area contributed by atoms with Crippen molar-refractivity contribution in [1.29, 1.82) is 0 Å². The minimum atomic E-state index is -0.704. The molecule has 0 spiro atoms. The highest BCUT2D eigenvalue weighted by atomic mass is 16.5. The quantitative estimate of drug-likeness (QED) is 0.860. The second-order valence-electron chi connectivity index (χ2n) is 6.92. The standard InChI is InChI=1S/C16H25NO4/c18-14(4-3-12-5-8-21-9-6-12)17-10-13-2-1-7-16(13,11-17)15(19)20/h12-13H,1-11H2,(H,19,20)/t13-,16+/m0/s1. The van der Waals surface area contributed by atoms with Crippen molar-refractivity contribution in [3.05, 3.63) is 0 Å². The Morgan fingerprint density at radius 2 is 2.00 bits per heavy atom. The fourth-order valence-electron chi connectivity index (χ4n) is 4.35. The zero-order chi connectivity index (χ0) is 14.9. The monoisotopic (exact) mass is 295 g/mol. The van der Waals surface area contributed by atoms with Crippen LogP contribution in [0.1, 0.15) is 44.9 Å². The number of carbonyl (C=O) groups excluding carboxylic acids is 1. The van der Waals surface area contributed by atoms with Crippen molar-refractivity contribution in [3.63, 3.8) is 0 Å². The van der Waals surface area contributed by atoms with Crippen LogP contribution >= 0.6 is 0 Å². The van der Waals surface area contributed by atoms with E-state index < -0.39 is 11.4 Å². The molecule has 1 N–H and O–H groups in total. The number of nitrogens with zero attached hydrogens (tertiary/aromatic N) is 1. The maximum atomic E-state index is 12.4. The minimum Gasteiger partial charge on any atom is -0.481 e. The molecular formula is C16H25NO4. The molecule has 5 nitrogen and oxygen atoms in total. The molecule has 21 heavy (non-hydrogen) atoms. The molecule has 3 fully saturated rings. The Morgan fingerprint density at radius 1 is 1.24 bits per heavy atom. The van der Waals surface area contributed by atoms with Gasteiger partial charge >= 0.3 is 5.97 Å². The molecule has 0 radical (unpaired) electrons. The summed E-state index contributed by atoms with van der Waals surface area (Å²) in [5.41, 5.74) is -0.645. The van der Waals surface area contributed by atoms with E-state index >= 15 is 0 Å². The van der Waals surface area contributed by atoms with Gasteiger partial charge < -0.3 is 14.7 Å². The van der Waals surface area contributed by atoms with E-state index in [1.165, 1.54) is 0 Å². The molecule has 2 aliphatic heterocycles. The highest BCUT2D eigenvalue weighted by Crippen LogP contribution is 2.49. The third-order valence-corrected chi connectivity index (χ3v) is 5.76. The first-order valence-electron chi connectivity index (χ1n) is 8.21. The molecule has 2 saturated heterocycles. The number of carboxylic acid groups (broad SMARTS) is 1. The van der Waals surface area contributed by atoms with Crippen LogP contribution in [0.15, 0.2) is 0 Å². The summed E-state index contributed by atoms with van der Waals surface area (Å²) in [5, 5.41) is 9.56. The summed E-state index contributed by atoms with van der Waals surface area (Å²) < 4.78 is 5.34. The van der Waals surface area contributed by atoms with Gasteiger partial charge in [0.15, 0.2) is 0 Å². The number of rotatable bonds is 4. The molecule has 1 aliphatic carbocycles. The van der Waals surface area contributed by atoms with Crippen molar-refractivity contribution < 1.29 is 19.4 Å². The Labute approximate surface area is 125 Å². The van der Waals surface area contributed by atoms with Gasteiger partial charge in [-0.25, -0.2) is 0 Å². The fourth-order valence-corrected chi connectivity index (χ4v) is 4.35. The molecular weight excluding hydrogens is 270 g/mol. The molecule has 2 heterocycles. The lowest BCUT2D eigenvalue weighted by atomic mass is 9.81. The largest absolute Gasteiger partial charge is 0.481 e. The summed E-state index contributed by atoms with van der Waals surface area (Å²) in [6.07, 6.45) is 6.26. The van der Waals surface area contributed by atoms with E-state index in [1.54, 1.807) is 0 Å². The van der Waals surface area contributed by atoms with E-state index in [-0.39, 0.29) is 11.8 Å². The fraction of sp³-hybridized carbons (Fsp3) is 0.875. The summed E-state index contributed by atoms with van der Waals surface area (Å²) in [4.78, 5) is 25.8. The van der Waals surface area contributed by atoms with Crippen molar-refractivity contribution in [1.82, 2.24) is 4.90 Å². The van der Waals surface area contributed by atoms with Crippen molar-refractivity contribution in [2.75, 3.05) is 26.3 Å². The van der Waals surface area contributed by atoms with Crippen LogP contribution in [-0.2, 0) is 14.3 Å². The lowest BCUT2D eigenvalue weighted by Gasteiger charge is -2.24. The van der Waals surface area contributed by atoms with Gasteiger partial charge in [-0.3, -0.25) is 9.59 Å². The summed E-state index contributed by atoms with van der Waals surface area (Å²) in [6.45, 7) is 2.71. The summed E-state index contributed by atoms with van der Waals surface area (Å²) >= 11 is 0. The normalized spacial score (nSPS) is 33.1. The van der Waals surface area contributed by atoms with Crippen LogP contribution in [0.4, 0.5) is 0 Å². The molecule has 118 valence electrons. The van der Waals surface area contributed by atoms with Gasteiger partial charge in [0.25, 0.3) is 0 Å². The summed E-state index contributed by atoms with van der Waals surface area (Å²) in [5.74, 6) is 0.210. The average molecular weight is 295 g/mol. The highest BCUT2D eigenvalue weighted by Gasteiger charge is 2.55. The van der Waals surface area contributed by atoms with Crippen molar-refractivity contribution in [3.8, 4) is 0 Å². The van der Waals surface area contributed by atoms with E-state index in [1.807, 2.05) is 4.90 Å². The lowest BCUT2D eigenvalue weighted by Crippen LogP contribution is -2.37. The molecule has 5 heteroatoms. The van der Waals surface area contributed by atoms with Crippen LogP contribution in [0.3, 0.4) is 0 Å². The predicted molar refractivity (Wildman–Crippen MR) is 76.8 cm³/mol. The van der Waals surface area contributed by atoms with Gasteiger partial charge in [0.1, 0.15) is 0 Å².